The van der Waals surface area contributed by atoms with E-state index < -0.39 is 5.82 Å². The second-order valence-electron chi connectivity index (χ2n) is 8.87. The van der Waals surface area contributed by atoms with Gasteiger partial charge in [-0.3, -0.25) is 4.90 Å². The summed E-state index contributed by atoms with van der Waals surface area (Å²) in [5, 5.41) is 1.29. The second-order valence-corrected chi connectivity index (χ2v) is 9.31. The summed E-state index contributed by atoms with van der Waals surface area (Å²) in [5.74, 6) is -0.106. The summed E-state index contributed by atoms with van der Waals surface area (Å²) in [6.07, 6.45) is 5.48. The molecule has 1 saturated carbocycles. The fraction of sp³-hybridized carbons (Fsp3) is 0.240. The quantitative estimate of drug-likeness (QED) is 0.426. The van der Waals surface area contributed by atoms with E-state index in [0.717, 1.165) is 24.1 Å². The zero-order valence-corrected chi connectivity index (χ0v) is 19.2. The Morgan fingerprint density at radius 2 is 1.85 bits per heavy atom. The van der Waals surface area contributed by atoms with Crippen LogP contribution in [-0.4, -0.2) is 39.1 Å². The summed E-state index contributed by atoms with van der Waals surface area (Å²) in [4.78, 5) is 24.8. The van der Waals surface area contributed by atoms with E-state index in [-0.39, 0.29) is 12.1 Å². The molecule has 9 heteroatoms. The molecular formula is C25H22ClFN6O. The molecule has 1 saturated heterocycles. The summed E-state index contributed by atoms with van der Waals surface area (Å²) in [6.45, 7) is 0.414. The minimum Gasteiger partial charge on any atom is -0.383 e. The maximum atomic E-state index is 15.5. The average molecular weight is 477 g/mol. The first-order chi connectivity index (χ1) is 16.4. The number of hydrogen-bond acceptors (Lipinski definition) is 4. The van der Waals surface area contributed by atoms with Gasteiger partial charge in [-0.15, -0.1) is 0 Å². The summed E-state index contributed by atoms with van der Waals surface area (Å²) in [5.41, 5.74) is 9.43. The van der Waals surface area contributed by atoms with Crippen molar-refractivity contribution in [1.29, 1.82) is 0 Å². The molecule has 34 heavy (non-hydrogen) atoms. The van der Waals surface area contributed by atoms with Gasteiger partial charge >= 0.3 is 6.03 Å². The number of fused-ring (bicyclic) bond motifs is 1. The van der Waals surface area contributed by atoms with Crippen LogP contribution in [0.5, 0.6) is 0 Å². The number of halogens is 2. The standard InChI is InChI=1S/C25H22ClFN6O/c1-31-21(14-2-4-15(26)5-3-14)12-33(25(31)34)17-8-9-18(20(27)10-17)19-11-32(16-6-7-16)24-22(19)23(28)29-13-30-24/h2-5,8-11,13,16,21H,6-7,12H2,1H3,(H2,28,29,30). The molecule has 2 amide bonds. The van der Waals surface area contributed by atoms with Gasteiger partial charge in [0.1, 0.15) is 23.6 Å². The van der Waals surface area contributed by atoms with Crippen LogP contribution in [-0.2, 0) is 0 Å². The van der Waals surface area contributed by atoms with Gasteiger partial charge in [-0.2, -0.15) is 0 Å². The predicted molar refractivity (Wildman–Crippen MR) is 130 cm³/mol. The van der Waals surface area contributed by atoms with E-state index in [2.05, 4.69) is 14.5 Å². The van der Waals surface area contributed by atoms with Gasteiger partial charge in [0.05, 0.1) is 18.0 Å². The Hall–Kier alpha value is -3.65. The van der Waals surface area contributed by atoms with E-state index in [1.807, 2.05) is 18.3 Å². The Labute approximate surface area is 200 Å². The van der Waals surface area contributed by atoms with Crippen molar-refractivity contribution in [1.82, 2.24) is 19.4 Å². The predicted octanol–water partition coefficient (Wildman–Crippen LogP) is 5.42. The molecule has 2 aromatic heterocycles. The van der Waals surface area contributed by atoms with Crippen LogP contribution in [0.2, 0.25) is 5.02 Å². The Morgan fingerprint density at radius 3 is 2.56 bits per heavy atom. The third-order valence-corrected chi connectivity index (χ3v) is 7.00. The summed E-state index contributed by atoms with van der Waals surface area (Å²) in [7, 11) is 1.75. The summed E-state index contributed by atoms with van der Waals surface area (Å²) >= 11 is 6.01. The minimum absolute atomic E-state index is 0.152. The number of benzene rings is 2. The molecule has 0 radical (unpaired) electrons. The lowest BCUT2D eigenvalue weighted by molar-refractivity contribution is 0.219. The van der Waals surface area contributed by atoms with Gasteiger partial charge in [-0.1, -0.05) is 23.7 Å². The first-order valence-electron chi connectivity index (χ1n) is 11.1. The minimum atomic E-state index is -0.430. The number of anilines is 2. The van der Waals surface area contributed by atoms with Crippen molar-refractivity contribution in [2.75, 3.05) is 24.2 Å². The molecule has 2 aromatic carbocycles. The Morgan fingerprint density at radius 1 is 1.09 bits per heavy atom. The van der Waals surface area contributed by atoms with Crippen molar-refractivity contribution in [2.24, 2.45) is 0 Å². The van der Waals surface area contributed by atoms with Crippen molar-refractivity contribution >= 4 is 40.2 Å². The fourth-order valence-corrected chi connectivity index (χ4v) is 4.89. The number of hydrogen-bond donors (Lipinski definition) is 1. The van der Waals surface area contributed by atoms with Crippen LogP contribution in [0.3, 0.4) is 0 Å². The number of carbonyl (C=O) groups excluding carboxylic acids is 1. The number of amides is 2. The molecule has 2 N–H and O–H groups in total. The summed E-state index contributed by atoms with van der Waals surface area (Å²) in [6, 6.07) is 12.3. The van der Waals surface area contributed by atoms with Crippen LogP contribution in [0.15, 0.2) is 55.0 Å². The van der Waals surface area contributed by atoms with Crippen LogP contribution < -0.4 is 10.6 Å². The van der Waals surface area contributed by atoms with Crippen molar-refractivity contribution < 1.29 is 9.18 Å². The molecule has 0 spiro atoms. The highest BCUT2D eigenvalue weighted by Crippen LogP contribution is 2.43. The maximum absolute atomic E-state index is 15.5. The average Bonchev–Trinajstić information content (AvgIpc) is 3.53. The molecule has 6 rings (SSSR count). The Kier molecular flexibility index (Phi) is 4.74. The number of nitrogen functional groups attached to an aromatic ring is 1. The van der Waals surface area contributed by atoms with Crippen molar-refractivity contribution in [3.63, 3.8) is 0 Å². The van der Waals surface area contributed by atoms with Gasteiger partial charge in [-0.25, -0.2) is 19.2 Å². The molecular weight excluding hydrogens is 455 g/mol. The lowest BCUT2D eigenvalue weighted by Crippen LogP contribution is -2.29. The van der Waals surface area contributed by atoms with Crippen LogP contribution in [0.25, 0.3) is 22.2 Å². The highest BCUT2D eigenvalue weighted by Gasteiger charge is 2.37. The zero-order chi connectivity index (χ0) is 23.6. The van der Waals surface area contributed by atoms with Gasteiger partial charge in [0.25, 0.3) is 0 Å². The van der Waals surface area contributed by atoms with Crippen LogP contribution in [0.4, 0.5) is 20.7 Å². The molecule has 0 bridgehead atoms. The first-order valence-corrected chi connectivity index (χ1v) is 11.5. The van der Waals surface area contributed by atoms with Crippen molar-refractivity contribution in [2.45, 2.75) is 24.9 Å². The molecule has 172 valence electrons. The molecule has 7 nitrogen and oxygen atoms in total. The largest absolute Gasteiger partial charge is 0.383 e. The van der Waals surface area contributed by atoms with E-state index in [1.54, 1.807) is 41.1 Å². The molecule has 3 heterocycles. The van der Waals surface area contributed by atoms with Crippen LogP contribution in [0, 0.1) is 5.82 Å². The molecule has 1 aliphatic carbocycles. The van der Waals surface area contributed by atoms with Gasteiger partial charge in [0, 0.05) is 41.1 Å². The SMILES string of the molecule is CN1C(=O)N(c2ccc(-c3cn(C4CC4)c4ncnc(N)c34)c(F)c2)CC1c1ccc(Cl)cc1. The van der Waals surface area contributed by atoms with Gasteiger partial charge in [0.2, 0.25) is 0 Å². The lowest BCUT2D eigenvalue weighted by atomic mass is 10.0. The number of likely N-dealkylation sites (N-methyl/N-ethyl adjacent to an activating group) is 1. The van der Waals surface area contributed by atoms with E-state index in [0.29, 0.717) is 45.6 Å². The number of urea groups is 1. The number of nitrogens with zero attached hydrogens (tertiary/aromatic N) is 5. The normalized spacial score (nSPS) is 18.3. The topological polar surface area (TPSA) is 80.3 Å². The monoisotopic (exact) mass is 476 g/mol. The van der Waals surface area contributed by atoms with Crippen LogP contribution in [0.1, 0.15) is 30.5 Å². The lowest BCUT2D eigenvalue weighted by Gasteiger charge is -2.18. The third-order valence-electron chi connectivity index (χ3n) is 6.74. The number of aromatic nitrogens is 3. The van der Waals surface area contributed by atoms with E-state index >= 15 is 4.39 Å². The Balaban J connectivity index is 1.36. The maximum Gasteiger partial charge on any atom is 0.324 e. The second kappa shape index (κ2) is 7.70. The number of carbonyl (C=O) groups is 1. The van der Waals surface area contributed by atoms with Crippen molar-refractivity contribution in [3.8, 4) is 11.1 Å². The molecule has 2 aliphatic rings. The van der Waals surface area contributed by atoms with Gasteiger partial charge in [0.15, 0.2) is 0 Å². The van der Waals surface area contributed by atoms with Gasteiger partial charge in [-0.05, 0) is 48.7 Å². The number of nitrogens with two attached hydrogens (primary N) is 1. The first kappa shape index (κ1) is 20.9. The third kappa shape index (κ3) is 3.28. The van der Waals surface area contributed by atoms with E-state index in [1.165, 1.54) is 12.4 Å². The van der Waals surface area contributed by atoms with E-state index in [4.69, 9.17) is 17.3 Å². The highest BCUT2D eigenvalue weighted by molar-refractivity contribution is 6.30. The molecule has 2 fully saturated rings. The smallest absolute Gasteiger partial charge is 0.324 e. The molecule has 4 aromatic rings. The zero-order valence-electron chi connectivity index (χ0n) is 18.4. The van der Waals surface area contributed by atoms with Crippen LogP contribution >= 0.6 is 11.6 Å². The highest BCUT2D eigenvalue weighted by atomic mass is 35.5. The molecule has 1 aliphatic heterocycles. The van der Waals surface area contributed by atoms with E-state index in [9.17, 15) is 4.79 Å². The number of rotatable bonds is 4. The fourth-order valence-electron chi connectivity index (χ4n) is 4.76. The molecule has 1 atom stereocenters. The Bertz CT molecular complexity index is 1430. The summed E-state index contributed by atoms with van der Waals surface area (Å²) < 4.78 is 17.6. The van der Waals surface area contributed by atoms with Gasteiger partial charge < -0.3 is 15.2 Å². The van der Waals surface area contributed by atoms with Crippen molar-refractivity contribution in [3.05, 3.63) is 71.4 Å². The molecule has 1 unspecified atom stereocenters.